The van der Waals surface area contributed by atoms with Crippen molar-refractivity contribution in [3.05, 3.63) is 35.1 Å². The minimum atomic E-state index is -1.54. The monoisotopic (exact) mass is 315 g/mol. The molecule has 1 rings (SSSR count). The van der Waals surface area contributed by atoms with E-state index in [4.69, 9.17) is 9.84 Å². The van der Waals surface area contributed by atoms with Gasteiger partial charge >= 0.3 is 6.09 Å². The Labute approximate surface area is 128 Å². The van der Waals surface area contributed by atoms with Gasteiger partial charge in [-0.2, -0.15) is 0 Å². The van der Waals surface area contributed by atoms with Gasteiger partial charge in [0.05, 0.1) is 6.61 Å². The highest BCUT2D eigenvalue weighted by molar-refractivity contribution is 5.67. The zero-order valence-electron chi connectivity index (χ0n) is 12.8. The quantitative estimate of drug-likeness (QED) is 0.655. The van der Waals surface area contributed by atoms with Crippen molar-refractivity contribution in [3.8, 4) is 0 Å². The van der Waals surface area contributed by atoms with Gasteiger partial charge in [-0.15, -0.1) is 0 Å². The summed E-state index contributed by atoms with van der Waals surface area (Å²) >= 11 is 0. The fourth-order valence-electron chi connectivity index (χ4n) is 1.77. The molecule has 7 heteroatoms. The molecule has 0 radical (unpaired) electrons. The highest BCUT2D eigenvalue weighted by Gasteiger charge is 2.24. The molecule has 0 aliphatic rings. The maximum atomic E-state index is 14.0. The number of aliphatic hydroxyl groups excluding tert-OH is 3. The van der Waals surface area contributed by atoms with Crippen LogP contribution in [0.4, 0.5) is 9.18 Å². The van der Waals surface area contributed by atoms with Gasteiger partial charge in [-0.3, -0.25) is 0 Å². The summed E-state index contributed by atoms with van der Waals surface area (Å²) in [5.41, 5.74) is -0.816. The van der Waals surface area contributed by atoms with Crippen LogP contribution in [-0.2, 0) is 11.3 Å². The zero-order chi connectivity index (χ0) is 16.9. The van der Waals surface area contributed by atoms with Crippen LogP contribution in [0, 0.1) is 5.82 Å². The van der Waals surface area contributed by atoms with Crippen LogP contribution in [0.5, 0.6) is 0 Å². The number of hydrogen-bond donors (Lipinski definition) is 4. The number of ether oxygens (including phenoxy) is 1. The second kappa shape index (κ2) is 7.53. The SMILES string of the molecule is CC(C)(C)OC(=O)NCC(O)C(O)c1cccc(CO)c1F. The normalized spacial score (nSPS) is 14.3. The van der Waals surface area contributed by atoms with E-state index in [0.29, 0.717) is 0 Å². The molecule has 0 bridgehead atoms. The van der Waals surface area contributed by atoms with Crippen LogP contribution in [0.3, 0.4) is 0 Å². The summed E-state index contributed by atoms with van der Waals surface area (Å²) in [4.78, 5) is 11.5. The molecule has 2 atom stereocenters. The Kier molecular flexibility index (Phi) is 6.28. The van der Waals surface area contributed by atoms with Gasteiger partial charge in [0, 0.05) is 17.7 Å². The predicted octanol–water partition coefficient (Wildman–Crippen LogP) is 1.24. The van der Waals surface area contributed by atoms with Gasteiger partial charge in [-0.05, 0) is 20.8 Å². The van der Waals surface area contributed by atoms with Gasteiger partial charge in [0.15, 0.2) is 0 Å². The third-order valence-electron chi connectivity index (χ3n) is 2.82. The standard InChI is InChI=1S/C15H22FNO5/c1-15(2,3)22-14(21)17-7-11(19)13(20)10-6-4-5-9(8-18)12(10)16/h4-6,11,13,18-20H,7-8H2,1-3H3,(H,17,21). The first-order chi connectivity index (χ1) is 10.2. The molecule has 0 aliphatic carbocycles. The summed E-state index contributed by atoms with van der Waals surface area (Å²) in [7, 11) is 0. The minimum absolute atomic E-state index is 0.0175. The summed E-state index contributed by atoms with van der Waals surface area (Å²) < 4.78 is 18.9. The molecule has 0 aromatic heterocycles. The third-order valence-corrected chi connectivity index (χ3v) is 2.82. The molecule has 1 amide bonds. The Balaban J connectivity index is 2.66. The van der Waals surface area contributed by atoms with Crippen molar-refractivity contribution in [1.82, 2.24) is 5.32 Å². The molecule has 1 aromatic carbocycles. The number of hydrogen-bond acceptors (Lipinski definition) is 5. The van der Waals surface area contributed by atoms with Crippen molar-refractivity contribution in [3.63, 3.8) is 0 Å². The molecular weight excluding hydrogens is 293 g/mol. The maximum absolute atomic E-state index is 14.0. The fraction of sp³-hybridized carbons (Fsp3) is 0.533. The second-order valence-electron chi connectivity index (χ2n) is 5.87. The van der Waals surface area contributed by atoms with Crippen molar-refractivity contribution < 1.29 is 29.2 Å². The van der Waals surface area contributed by atoms with Crippen molar-refractivity contribution in [2.45, 2.75) is 45.2 Å². The van der Waals surface area contributed by atoms with Crippen LogP contribution in [0.1, 0.15) is 38.0 Å². The fourth-order valence-corrected chi connectivity index (χ4v) is 1.77. The number of halogens is 1. The number of aliphatic hydroxyl groups is 3. The highest BCUT2D eigenvalue weighted by atomic mass is 19.1. The van der Waals surface area contributed by atoms with Crippen molar-refractivity contribution in [2.24, 2.45) is 0 Å². The van der Waals surface area contributed by atoms with Gasteiger partial charge in [0.25, 0.3) is 0 Å². The van der Waals surface area contributed by atoms with E-state index in [9.17, 15) is 19.4 Å². The van der Waals surface area contributed by atoms with E-state index in [1.165, 1.54) is 18.2 Å². The third kappa shape index (κ3) is 5.25. The Morgan fingerprint density at radius 3 is 2.55 bits per heavy atom. The van der Waals surface area contributed by atoms with E-state index in [1.807, 2.05) is 0 Å². The van der Waals surface area contributed by atoms with Gasteiger partial charge in [-0.1, -0.05) is 18.2 Å². The van der Waals surface area contributed by atoms with Gasteiger partial charge < -0.3 is 25.4 Å². The number of carbonyl (C=O) groups excluding carboxylic acids is 1. The molecule has 0 saturated heterocycles. The minimum Gasteiger partial charge on any atom is -0.444 e. The van der Waals surface area contributed by atoms with E-state index in [2.05, 4.69) is 5.32 Å². The average Bonchev–Trinajstić information content (AvgIpc) is 2.42. The summed E-state index contributed by atoms with van der Waals surface area (Å²) in [5.74, 6) is -0.784. The zero-order valence-corrected chi connectivity index (χ0v) is 12.8. The summed E-state index contributed by atoms with van der Waals surface area (Å²) in [6.07, 6.45) is -3.71. The lowest BCUT2D eigenvalue weighted by molar-refractivity contribution is 0.0111. The lowest BCUT2D eigenvalue weighted by atomic mass is 10.0. The van der Waals surface area contributed by atoms with Crippen LogP contribution in [0.2, 0.25) is 0 Å². The molecule has 0 heterocycles. The van der Waals surface area contributed by atoms with Crippen LogP contribution in [0.15, 0.2) is 18.2 Å². The number of amides is 1. The molecule has 0 aliphatic heterocycles. The lowest BCUT2D eigenvalue weighted by Gasteiger charge is -2.22. The number of benzene rings is 1. The van der Waals surface area contributed by atoms with E-state index in [-0.39, 0.29) is 17.7 Å². The molecule has 0 spiro atoms. The second-order valence-corrected chi connectivity index (χ2v) is 5.87. The molecule has 0 saturated carbocycles. The molecular formula is C15H22FNO5. The van der Waals surface area contributed by atoms with E-state index in [1.54, 1.807) is 20.8 Å². The van der Waals surface area contributed by atoms with Gasteiger partial charge in [0.1, 0.15) is 23.6 Å². The van der Waals surface area contributed by atoms with Gasteiger partial charge in [-0.25, -0.2) is 9.18 Å². The molecule has 4 N–H and O–H groups in total. The first kappa shape index (κ1) is 18.3. The molecule has 1 aromatic rings. The number of carbonyl (C=O) groups is 1. The van der Waals surface area contributed by atoms with Crippen LogP contribution < -0.4 is 5.32 Å². The molecule has 2 unspecified atom stereocenters. The largest absolute Gasteiger partial charge is 0.444 e. The number of rotatable bonds is 5. The summed E-state index contributed by atoms with van der Waals surface area (Å²) in [6, 6.07) is 4.13. The van der Waals surface area contributed by atoms with Crippen LogP contribution >= 0.6 is 0 Å². The Bertz CT molecular complexity index is 515. The first-order valence-corrected chi connectivity index (χ1v) is 6.87. The van der Waals surface area contributed by atoms with Gasteiger partial charge in [0.2, 0.25) is 0 Å². The summed E-state index contributed by atoms with van der Waals surface area (Å²) in [6.45, 7) is 4.24. The highest BCUT2D eigenvalue weighted by Crippen LogP contribution is 2.22. The Morgan fingerprint density at radius 2 is 2.00 bits per heavy atom. The Morgan fingerprint density at radius 1 is 1.36 bits per heavy atom. The average molecular weight is 315 g/mol. The molecule has 0 fully saturated rings. The number of alkyl carbamates (subject to hydrolysis) is 1. The Hall–Kier alpha value is -1.70. The first-order valence-electron chi connectivity index (χ1n) is 6.87. The smallest absolute Gasteiger partial charge is 0.407 e. The van der Waals surface area contributed by atoms with Crippen LogP contribution in [-0.4, -0.2) is 39.7 Å². The van der Waals surface area contributed by atoms with Crippen LogP contribution in [0.25, 0.3) is 0 Å². The summed E-state index contributed by atoms with van der Waals surface area (Å²) in [5, 5.41) is 31.1. The van der Waals surface area contributed by atoms with Crippen molar-refractivity contribution >= 4 is 6.09 Å². The van der Waals surface area contributed by atoms with E-state index in [0.717, 1.165) is 0 Å². The molecule has 124 valence electrons. The topological polar surface area (TPSA) is 99.0 Å². The van der Waals surface area contributed by atoms with Crippen molar-refractivity contribution in [2.75, 3.05) is 6.54 Å². The lowest BCUT2D eigenvalue weighted by Crippen LogP contribution is -2.39. The molecule has 6 nitrogen and oxygen atoms in total. The van der Waals surface area contributed by atoms with E-state index < -0.39 is 36.3 Å². The molecule has 22 heavy (non-hydrogen) atoms. The van der Waals surface area contributed by atoms with E-state index >= 15 is 0 Å². The number of nitrogens with one attached hydrogen (secondary N) is 1. The predicted molar refractivity (Wildman–Crippen MR) is 77.5 cm³/mol. The maximum Gasteiger partial charge on any atom is 0.407 e. The van der Waals surface area contributed by atoms with Crippen molar-refractivity contribution in [1.29, 1.82) is 0 Å².